The zero-order valence-corrected chi connectivity index (χ0v) is 22.5. The second kappa shape index (κ2) is 10.4. The van der Waals surface area contributed by atoms with Gasteiger partial charge in [-0.3, -0.25) is 4.55 Å². The number of carbonyl (C=O) groups is 1. The van der Waals surface area contributed by atoms with Crippen molar-refractivity contribution in [1.82, 2.24) is 0 Å². The third kappa shape index (κ3) is 5.92. The average molecular weight is 566 g/mol. The molecule has 0 saturated carbocycles. The molecule has 0 spiro atoms. The van der Waals surface area contributed by atoms with Crippen LogP contribution < -0.4 is 4.74 Å². The Balaban J connectivity index is 1.61. The predicted octanol–water partition coefficient (Wildman–Crippen LogP) is 5.41. The molecule has 1 aliphatic rings. The van der Waals surface area contributed by atoms with E-state index < -0.39 is 38.0 Å². The molecule has 0 aromatic heterocycles. The van der Waals surface area contributed by atoms with Gasteiger partial charge in [-0.15, -0.1) is 0 Å². The molecular formula is C27H27F2O7S2+. The van der Waals surface area contributed by atoms with Crippen molar-refractivity contribution in [3.8, 4) is 5.75 Å². The molecule has 0 aliphatic carbocycles. The summed E-state index contributed by atoms with van der Waals surface area (Å²) < 4.78 is 74.0. The normalized spacial score (nSPS) is 17.9. The Bertz CT molecular complexity index is 1380. The Kier molecular flexibility index (Phi) is 7.70. The highest BCUT2D eigenvalue weighted by molar-refractivity contribution is 7.97. The third-order valence-corrected chi connectivity index (χ3v) is 8.95. The lowest BCUT2D eigenvalue weighted by Crippen LogP contribution is -2.43. The van der Waals surface area contributed by atoms with Gasteiger partial charge in [0.1, 0.15) is 5.75 Å². The highest BCUT2D eigenvalue weighted by Gasteiger charge is 2.54. The van der Waals surface area contributed by atoms with Crippen molar-refractivity contribution in [2.75, 3.05) is 13.2 Å². The number of carbonyl (C=O) groups excluding carboxylic acids is 1. The number of ether oxygens (including phenoxy) is 3. The number of alkyl halides is 2. The van der Waals surface area contributed by atoms with Crippen LogP contribution in [-0.4, -0.2) is 37.4 Å². The zero-order valence-electron chi connectivity index (χ0n) is 20.9. The quantitative estimate of drug-likeness (QED) is 0.177. The van der Waals surface area contributed by atoms with E-state index in [9.17, 15) is 22.0 Å². The van der Waals surface area contributed by atoms with Crippen molar-refractivity contribution in [3.05, 3.63) is 84.4 Å². The monoisotopic (exact) mass is 565 g/mol. The molecular weight excluding hydrogens is 538 g/mol. The number of rotatable bonds is 7. The van der Waals surface area contributed by atoms with Gasteiger partial charge in [-0.1, -0.05) is 32.0 Å². The van der Waals surface area contributed by atoms with E-state index in [1.807, 2.05) is 61.5 Å². The van der Waals surface area contributed by atoms with Gasteiger partial charge < -0.3 is 14.2 Å². The first kappa shape index (κ1) is 28.2. The van der Waals surface area contributed by atoms with Crippen LogP contribution in [0.4, 0.5) is 8.78 Å². The van der Waals surface area contributed by atoms with Crippen molar-refractivity contribution in [3.63, 3.8) is 0 Å². The minimum atomic E-state index is -5.96. The number of hydrogen-bond donors (Lipinski definition) is 1. The second-order valence-corrected chi connectivity index (χ2v) is 13.2. The van der Waals surface area contributed by atoms with E-state index in [1.165, 1.54) is 12.1 Å². The van der Waals surface area contributed by atoms with Crippen LogP contribution in [0.2, 0.25) is 0 Å². The Morgan fingerprint density at radius 3 is 1.84 bits per heavy atom. The predicted molar refractivity (Wildman–Crippen MR) is 137 cm³/mol. The maximum atomic E-state index is 13.6. The second-order valence-electron chi connectivity index (χ2n) is 9.68. The van der Waals surface area contributed by atoms with E-state index in [1.54, 1.807) is 12.1 Å². The van der Waals surface area contributed by atoms with Crippen LogP contribution >= 0.6 is 0 Å². The third-order valence-electron chi connectivity index (χ3n) is 5.90. The molecule has 0 amide bonds. The summed E-state index contributed by atoms with van der Waals surface area (Å²) in [5.41, 5.74) is 0.803. The number of halogens is 2. The minimum absolute atomic E-state index is 0.0675. The molecule has 1 heterocycles. The fourth-order valence-corrected chi connectivity index (χ4v) is 6.00. The molecule has 202 valence electrons. The first-order valence-corrected chi connectivity index (χ1v) is 14.2. The van der Waals surface area contributed by atoms with E-state index in [0.717, 1.165) is 20.2 Å². The molecule has 7 nitrogen and oxygen atoms in total. The zero-order chi connectivity index (χ0) is 27.8. The molecule has 0 bridgehead atoms. The van der Waals surface area contributed by atoms with E-state index >= 15 is 0 Å². The molecule has 3 aromatic rings. The topological polar surface area (TPSA) is 99.1 Å². The lowest BCUT2D eigenvalue weighted by Gasteiger charge is -2.41. The van der Waals surface area contributed by atoms with Gasteiger partial charge in [-0.2, -0.15) is 17.2 Å². The molecule has 1 N–H and O–H groups in total. The van der Waals surface area contributed by atoms with Crippen LogP contribution in [0.3, 0.4) is 0 Å². The lowest BCUT2D eigenvalue weighted by molar-refractivity contribution is -0.298. The maximum Gasteiger partial charge on any atom is 0.466 e. The summed E-state index contributed by atoms with van der Waals surface area (Å²) in [4.78, 5) is 14.4. The summed E-state index contributed by atoms with van der Waals surface area (Å²) in [6, 6.07) is 23.3. The van der Waals surface area contributed by atoms with E-state index in [-0.39, 0.29) is 11.2 Å². The van der Waals surface area contributed by atoms with E-state index in [2.05, 4.69) is 18.6 Å². The molecule has 1 aliphatic heterocycles. The minimum Gasteiger partial charge on any atom is -0.421 e. The Hall–Kier alpha value is -2.83. The van der Waals surface area contributed by atoms with Crippen LogP contribution in [0.25, 0.3) is 0 Å². The number of hydrogen-bond acceptors (Lipinski definition) is 6. The Morgan fingerprint density at radius 2 is 1.34 bits per heavy atom. The van der Waals surface area contributed by atoms with E-state index in [0.29, 0.717) is 13.2 Å². The van der Waals surface area contributed by atoms with Crippen molar-refractivity contribution in [2.45, 2.75) is 46.5 Å². The maximum absolute atomic E-state index is 13.6. The van der Waals surface area contributed by atoms with Gasteiger partial charge in [0, 0.05) is 11.0 Å². The van der Waals surface area contributed by atoms with Crippen molar-refractivity contribution >= 4 is 27.0 Å². The highest BCUT2D eigenvalue weighted by atomic mass is 32.2. The molecule has 4 rings (SSSR count). The van der Waals surface area contributed by atoms with Crippen LogP contribution in [0.5, 0.6) is 5.75 Å². The first-order chi connectivity index (χ1) is 17.7. The summed E-state index contributed by atoms with van der Waals surface area (Å²) in [7, 11) is -6.57. The van der Waals surface area contributed by atoms with Crippen LogP contribution in [-0.2, 0) is 41.1 Å². The van der Waals surface area contributed by atoms with E-state index in [4.69, 9.17) is 14.0 Å². The molecule has 1 saturated heterocycles. The summed E-state index contributed by atoms with van der Waals surface area (Å²) in [5.74, 6) is -3.56. The molecule has 1 unspecified atom stereocenters. The molecule has 1 fully saturated rings. The highest BCUT2D eigenvalue weighted by Crippen LogP contribution is 2.38. The van der Waals surface area contributed by atoms with Crippen LogP contribution in [0, 0.1) is 5.41 Å². The first-order valence-electron chi connectivity index (χ1n) is 11.6. The van der Waals surface area contributed by atoms with Gasteiger partial charge in [0.05, 0.1) is 24.1 Å². The lowest BCUT2D eigenvalue weighted by atomic mass is 9.94. The smallest absolute Gasteiger partial charge is 0.421 e. The Labute approximate surface area is 222 Å². The largest absolute Gasteiger partial charge is 0.466 e. The average Bonchev–Trinajstić information content (AvgIpc) is 2.87. The molecule has 0 radical (unpaired) electrons. The summed E-state index contributed by atoms with van der Waals surface area (Å²) in [6.07, 6.45) is 0. The summed E-state index contributed by atoms with van der Waals surface area (Å²) in [5, 5.41) is -5.08. The summed E-state index contributed by atoms with van der Waals surface area (Å²) in [6.45, 7) is 7.17. The van der Waals surface area contributed by atoms with Crippen LogP contribution in [0.1, 0.15) is 26.3 Å². The van der Waals surface area contributed by atoms with Crippen LogP contribution in [0.15, 0.2) is 93.5 Å². The standard InChI is InChI=1S/C27H26F2O7S2/c1-25(2)17-34-26(3,35-18-25)19-9-13-22(14-10-19)37(21-7-5-4-6-8-21)23-15-11-20(12-16-23)36-24(30)27(28,29)38(31,32)33/h4-16H,17-18H2,1-3H3/p+1. The van der Waals surface area contributed by atoms with Gasteiger partial charge in [-0.25, -0.2) is 4.79 Å². The van der Waals surface area contributed by atoms with Gasteiger partial charge in [0.25, 0.3) is 0 Å². The SMILES string of the molecule is CC1(C)COC(C)(c2ccc([S+](c3ccccc3)c3ccc(OC(=O)C(F)(F)S(=O)(=O)O)cc3)cc2)OC1. The number of esters is 1. The number of benzene rings is 3. The van der Waals surface area contributed by atoms with Gasteiger partial charge in [-0.05, 0) is 67.6 Å². The Morgan fingerprint density at radius 1 is 0.868 bits per heavy atom. The van der Waals surface area contributed by atoms with Crippen molar-refractivity contribution in [2.24, 2.45) is 5.41 Å². The molecule has 11 heteroatoms. The van der Waals surface area contributed by atoms with Gasteiger partial charge >= 0.3 is 21.3 Å². The molecule has 38 heavy (non-hydrogen) atoms. The van der Waals surface area contributed by atoms with Gasteiger partial charge in [0.15, 0.2) is 20.5 Å². The fraction of sp³-hybridized carbons (Fsp3) is 0.296. The van der Waals surface area contributed by atoms with Crippen molar-refractivity contribution in [1.29, 1.82) is 0 Å². The fourth-order valence-electron chi connectivity index (χ4n) is 3.69. The molecule has 1 atom stereocenters. The van der Waals surface area contributed by atoms with Crippen molar-refractivity contribution < 1.29 is 40.8 Å². The molecule has 3 aromatic carbocycles. The summed E-state index contributed by atoms with van der Waals surface area (Å²) >= 11 is 0. The van der Waals surface area contributed by atoms with Gasteiger partial charge in [0.2, 0.25) is 0 Å².